The minimum absolute atomic E-state index is 0.0147. The molecule has 5 nitrogen and oxygen atoms in total. The zero-order valence-electron chi connectivity index (χ0n) is 16.4. The fraction of sp³-hybridized carbons (Fsp3) is 0.409. The van der Waals surface area contributed by atoms with Crippen LogP contribution in [0.5, 0.6) is 0 Å². The maximum Gasteiger partial charge on any atom is 0.243 e. The summed E-state index contributed by atoms with van der Waals surface area (Å²) in [5, 5.41) is 2.91. The van der Waals surface area contributed by atoms with Gasteiger partial charge in [0, 0.05) is 26.1 Å². The van der Waals surface area contributed by atoms with Crippen molar-refractivity contribution in [1.82, 2.24) is 9.62 Å². The molecule has 3 rings (SSSR count). The Morgan fingerprint density at radius 1 is 0.964 bits per heavy atom. The van der Waals surface area contributed by atoms with Crippen LogP contribution in [0.25, 0.3) is 0 Å². The second-order valence-electron chi connectivity index (χ2n) is 7.37. The van der Waals surface area contributed by atoms with Gasteiger partial charge in [0.25, 0.3) is 0 Å². The molecule has 0 saturated carbocycles. The number of benzene rings is 2. The lowest BCUT2D eigenvalue weighted by atomic mass is 10.1. The van der Waals surface area contributed by atoms with Crippen molar-refractivity contribution in [3.63, 3.8) is 0 Å². The van der Waals surface area contributed by atoms with Gasteiger partial charge in [-0.25, -0.2) is 8.42 Å². The van der Waals surface area contributed by atoms with E-state index in [1.54, 1.807) is 24.3 Å². The molecule has 2 aromatic rings. The number of nitrogens with zero attached hydrogens (tertiary/aromatic N) is 1. The highest BCUT2D eigenvalue weighted by molar-refractivity contribution is 7.89. The normalized spacial score (nSPS) is 14.9. The fourth-order valence-electron chi connectivity index (χ4n) is 3.35. The number of carbonyl (C=O) groups is 1. The van der Waals surface area contributed by atoms with Crippen LogP contribution in [0.3, 0.4) is 0 Å². The molecule has 0 unspecified atom stereocenters. The predicted octanol–water partition coefficient (Wildman–Crippen LogP) is 3.42. The van der Waals surface area contributed by atoms with Gasteiger partial charge in [-0.3, -0.25) is 4.79 Å². The highest BCUT2D eigenvalue weighted by Gasteiger charge is 2.26. The second-order valence-corrected chi connectivity index (χ2v) is 9.31. The van der Waals surface area contributed by atoms with Crippen molar-refractivity contribution in [3.05, 3.63) is 65.2 Å². The van der Waals surface area contributed by atoms with Gasteiger partial charge in [-0.05, 0) is 55.9 Å². The summed E-state index contributed by atoms with van der Waals surface area (Å²) in [4.78, 5) is 12.4. The minimum Gasteiger partial charge on any atom is -0.352 e. The summed E-state index contributed by atoms with van der Waals surface area (Å²) in [6, 6.07) is 15.2. The summed E-state index contributed by atoms with van der Waals surface area (Å²) in [6.07, 6.45) is 4.02. The smallest absolute Gasteiger partial charge is 0.243 e. The number of sulfonamides is 1. The molecule has 150 valence electrons. The number of nitrogens with one attached hydrogen (secondary N) is 1. The number of amides is 1. The minimum atomic E-state index is -3.38. The largest absolute Gasteiger partial charge is 0.352 e. The molecule has 2 aromatic carbocycles. The van der Waals surface area contributed by atoms with Gasteiger partial charge >= 0.3 is 0 Å². The van der Waals surface area contributed by atoms with Gasteiger partial charge in [0.1, 0.15) is 0 Å². The molecular formula is C22H28N2O3S. The van der Waals surface area contributed by atoms with E-state index >= 15 is 0 Å². The lowest BCUT2D eigenvalue weighted by Gasteiger charge is -2.15. The average Bonchev–Trinajstić information content (AvgIpc) is 3.24. The standard InChI is InChI=1S/C22H28N2O3S/c1-18-7-9-19(10-8-18)5-4-6-22(25)23-17-20-11-13-21(14-12-20)28(26,27)24-15-2-3-16-24/h7-14H,2-6,15-17H2,1H3,(H,23,25). The van der Waals surface area contributed by atoms with Crippen molar-refractivity contribution in [1.29, 1.82) is 0 Å². The van der Waals surface area contributed by atoms with Crippen molar-refractivity contribution < 1.29 is 13.2 Å². The summed E-state index contributed by atoms with van der Waals surface area (Å²) < 4.78 is 26.6. The highest BCUT2D eigenvalue weighted by Crippen LogP contribution is 2.21. The molecule has 0 spiro atoms. The first-order valence-electron chi connectivity index (χ1n) is 9.86. The molecule has 0 atom stereocenters. The SMILES string of the molecule is Cc1ccc(CCCC(=O)NCc2ccc(S(=O)(=O)N3CCCC3)cc2)cc1. The van der Waals surface area contributed by atoms with E-state index in [2.05, 4.69) is 36.5 Å². The zero-order chi connectivity index (χ0) is 20.0. The summed E-state index contributed by atoms with van der Waals surface area (Å²) in [5.41, 5.74) is 3.38. The summed E-state index contributed by atoms with van der Waals surface area (Å²) in [5.74, 6) is 0.0147. The van der Waals surface area contributed by atoms with Gasteiger partial charge in [0.2, 0.25) is 15.9 Å². The predicted molar refractivity (Wildman–Crippen MR) is 110 cm³/mol. The molecule has 0 radical (unpaired) electrons. The van der Waals surface area contributed by atoms with Crippen LogP contribution < -0.4 is 5.32 Å². The van der Waals surface area contributed by atoms with Gasteiger partial charge in [0.15, 0.2) is 0 Å². The Bertz CT molecular complexity index is 884. The zero-order valence-corrected chi connectivity index (χ0v) is 17.2. The number of rotatable bonds is 8. The average molecular weight is 401 g/mol. The quantitative estimate of drug-likeness (QED) is 0.738. The molecule has 0 aliphatic carbocycles. The highest BCUT2D eigenvalue weighted by atomic mass is 32.2. The molecule has 0 aromatic heterocycles. The van der Waals surface area contributed by atoms with Crippen molar-refractivity contribution in [2.75, 3.05) is 13.1 Å². The van der Waals surface area contributed by atoms with Crippen LogP contribution in [0.4, 0.5) is 0 Å². The maximum absolute atomic E-state index is 12.5. The Morgan fingerprint density at radius 3 is 2.21 bits per heavy atom. The number of hydrogen-bond acceptors (Lipinski definition) is 3. The molecule has 0 bridgehead atoms. The van der Waals surface area contributed by atoms with E-state index in [4.69, 9.17) is 0 Å². The Morgan fingerprint density at radius 2 is 1.57 bits per heavy atom. The molecule has 28 heavy (non-hydrogen) atoms. The Balaban J connectivity index is 1.44. The summed E-state index contributed by atoms with van der Waals surface area (Å²) >= 11 is 0. The van der Waals surface area contributed by atoms with Gasteiger partial charge in [-0.15, -0.1) is 0 Å². The van der Waals surface area contributed by atoms with Gasteiger partial charge in [-0.2, -0.15) is 4.31 Å². The van der Waals surface area contributed by atoms with Gasteiger partial charge < -0.3 is 5.32 Å². The Labute approximate surface area is 167 Å². The lowest BCUT2D eigenvalue weighted by Crippen LogP contribution is -2.27. The van der Waals surface area contributed by atoms with Crippen molar-refractivity contribution in [3.8, 4) is 0 Å². The van der Waals surface area contributed by atoms with E-state index in [-0.39, 0.29) is 5.91 Å². The van der Waals surface area contributed by atoms with E-state index in [0.717, 1.165) is 31.2 Å². The monoisotopic (exact) mass is 400 g/mol. The third-order valence-electron chi connectivity index (χ3n) is 5.11. The van der Waals surface area contributed by atoms with E-state index in [1.165, 1.54) is 15.4 Å². The molecule has 1 heterocycles. The first kappa shape index (κ1) is 20.6. The van der Waals surface area contributed by atoms with Crippen LogP contribution >= 0.6 is 0 Å². The van der Waals surface area contributed by atoms with Crippen molar-refractivity contribution >= 4 is 15.9 Å². The molecule has 1 amide bonds. The van der Waals surface area contributed by atoms with Crippen molar-refractivity contribution in [2.24, 2.45) is 0 Å². The van der Waals surface area contributed by atoms with E-state index in [0.29, 0.717) is 31.0 Å². The molecular weight excluding hydrogens is 372 g/mol. The van der Waals surface area contributed by atoms with Gasteiger partial charge in [0.05, 0.1) is 4.90 Å². The first-order valence-corrected chi connectivity index (χ1v) is 11.3. The summed E-state index contributed by atoms with van der Waals surface area (Å²) in [6.45, 7) is 3.67. The van der Waals surface area contributed by atoms with Crippen LogP contribution in [0, 0.1) is 6.92 Å². The number of hydrogen-bond donors (Lipinski definition) is 1. The Kier molecular flexibility index (Phi) is 6.86. The first-order chi connectivity index (χ1) is 13.4. The van der Waals surface area contributed by atoms with Crippen LogP contribution in [-0.2, 0) is 27.8 Å². The third-order valence-corrected chi connectivity index (χ3v) is 7.02. The molecule has 1 N–H and O–H groups in total. The molecule has 1 aliphatic heterocycles. The molecule has 1 saturated heterocycles. The fourth-order valence-corrected chi connectivity index (χ4v) is 4.87. The summed E-state index contributed by atoms with van der Waals surface area (Å²) in [7, 11) is -3.38. The second kappa shape index (κ2) is 9.34. The molecule has 1 fully saturated rings. The number of aryl methyl sites for hydroxylation is 2. The third kappa shape index (κ3) is 5.42. The Hall–Kier alpha value is -2.18. The molecule has 6 heteroatoms. The van der Waals surface area contributed by atoms with Crippen LogP contribution in [0.1, 0.15) is 42.4 Å². The van der Waals surface area contributed by atoms with Crippen LogP contribution in [0.2, 0.25) is 0 Å². The number of carbonyl (C=O) groups excluding carboxylic acids is 1. The maximum atomic E-state index is 12.5. The lowest BCUT2D eigenvalue weighted by molar-refractivity contribution is -0.121. The van der Waals surface area contributed by atoms with Crippen LogP contribution in [-0.4, -0.2) is 31.7 Å². The van der Waals surface area contributed by atoms with Crippen molar-refractivity contribution in [2.45, 2.75) is 50.5 Å². The van der Waals surface area contributed by atoms with Gasteiger partial charge in [-0.1, -0.05) is 42.0 Å². The molecule has 1 aliphatic rings. The van der Waals surface area contributed by atoms with E-state index < -0.39 is 10.0 Å². The topological polar surface area (TPSA) is 66.5 Å². The van der Waals surface area contributed by atoms with Crippen LogP contribution in [0.15, 0.2) is 53.4 Å². The van der Waals surface area contributed by atoms with E-state index in [9.17, 15) is 13.2 Å². The van der Waals surface area contributed by atoms with E-state index in [1.807, 2.05) is 0 Å².